The second-order valence-electron chi connectivity index (χ2n) is 4.30. The Morgan fingerprint density at radius 1 is 1.05 bits per heavy atom. The number of hydrogen-bond donors (Lipinski definition) is 3. The zero-order valence-corrected chi connectivity index (χ0v) is 14.1. The van der Waals surface area contributed by atoms with E-state index in [1.54, 1.807) is 30.3 Å². The van der Waals surface area contributed by atoms with Crippen LogP contribution < -0.4 is 10.6 Å². The van der Waals surface area contributed by atoms with E-state index in [9.17, 15) is 9.59 Å². The fraction of sp³-hybridized carbons (Fsp3) is 0. The molecule has 0 aromatic heterocycles. The Bertz CT molecular complexity index is 732. The Kier molecular flexibility index (Phi) is 5.45. The monoisotopic (exact) mass is 426 g/mol. The summed E-state index contributed by atoms with van der Waals surface area (Å²) in [5, 5.41) is 14.4. The number of halogens is 1. The molecule has 0 atom stereocenters. The molecule has 0 spiro atoms. The molecule has 0 radical (unpaired) electrons. The second-order valence-corrected chi connectivity index (χ2v) is 5.95. The van der Waals surface area contributed by atoms with E-state index in [1.807, 2.05) is 6.07 Å². The van der Waals surface area contributed by atoms with E-state index in [0.717, 1.165) is 3.57 Å². The van der Waals surface area contributed by atoms with Crippen LogP contribution in [0.3, 0.4) is 0 Å². The highest BCUT2D eigenvalue weighted by Crippen LogP contribution is 2.10. The van der Waals surface area contributed by atoms with Gasteiger partial charge in [0, 0.05) is 14.8 Å². The first-order chi connectivity index (χ1) is 10.5. The van der Waals surface area contributed by atoms with Crippen molar-refractivity contribution in [2.75, 3.05) is 5.32 Å². The van der Waals surface area contributed by atoms with E-state index in [-0.39, 0.29) is 16.6 Å². The van der Waals surface area contributed by atoms with Crippen LogP contribution in [0.15, 0.2) is 48.5 Å². The third kappa shape index (κ3) is 4.50. The largest absolute Gasteiger partial charge is 0.478 e. The van der Waals surface area contributed by atoms with Crippen molar-refractivity contribution < 1.29 is 14.7 Å². The second kappa shape index (κ2) is 7.32. The Morgan fingerprint density at radius 2 is 1.73 bits per heavy atom. The average Bonchev–Trinajstić information content (AvgIpc) is 2.47. The number of carboxylic acid groups (broad SMARTS) is 1. The normalized spacial score (nSPS) is 9.86. The third-order valence-electron chi connectivity index (χ3n) is 2.70. The van der Waals surface area contributed by atoms with Crippen molar-refractivity contribution in [2.24, 2.45) is 0 Å². The highest BCUT2D eigenvalue weighted by Gasteiger charge is 2.08. The lowest BCUT2D eigenvalue weighted by atomic mass is 10.2. The van der Waals surface area contributed by atoms with Gasteiger partial charge in [-0.1, -0.05) is 6.07 Å². The molecule has 1 amide bonds. The molecule has 0 aliphatic carbocycles. The third-order valence-corrected chi connectivity index (χ3v) is 3.58. The van der Waals surface area contributed by atoms with Crippen molar-refractivity contribution in [2.45, 2.75) is 0 Å². The van der Waals surface area contributed by atoms with Crippen molar-refractivity contribution in [1.29, 1.82) is 0 Å². The number of nitrogens with one attached hydrogen (secondary N) is 2. The van der Waals surface area contributed by atoms with Crippen LogP contribution in [0.25, 0.3) is 0 Å². The van der Waals surface area contributed by atoms with Gasteiger partial charge in [0.25, 0.3) is 5.91 Å². The minimum Gasteiger partial charge on any atom is -0.478 e. The van der Waals surface area contributed by atoms with Crippen LogP contribution in [0.1, 0.15) is 20.7 Å². The number of rotatable bonds is 3. The molecule has 3 N–H and O–H groups in total. The van der Waals surface area contributed by atoms with Crippen LogP contribution in [-0.4, -0.2) is 22.1 Å². The van der Waals surface area contributed by atoms with E-state index in [2.05, 4.69) is 33.2 Å². The zero-order valence-electron chi connectivity index (χ0n) is 11.2. The highest BCUT2D eigenvalue weighted by molar-refractivity contribution is 14.1. The lowest BCUT2D eigenvalue weighted by Gasteiger charge is -2.10. The molecule has 22 heavy (non-hydrogen) atoms. The summed E-state index contributed by atoms with van der Waals surface area (Å²) in [4.78, 5) is 22.8. The first kappa shape index (κ1) is 16.4. The van der Waals surface area contributed by atoms with Gasteiger partial charge in [0.2, 0.25) is 0 Å². The van der Waals surface area contributed by atoms with Gasteiger partial charge in [0.1, 0.15) is 0 Å². The quantitative estimate of drug-likeness (QED) is 0.520. The van der Waals surface area contributed by atoms with Gasteiger partial charge in [-0.15, -0.1) is 0 Å². The fourth-order valence-corrected chi connectivity index (χ4v) is 2.42. The van der Waals surface area contributed by atoms with E-state index in [1.165, 1.54) is 12.1 Å². The van der Waals surface area contributed by atoms with Crippen LogP contribution >= 0.6 is 34.8 Å². The predicted molar refractivity (Wildman–Crippen MR) is 96.2 cm³/mol. The van der Waals surface area contributed by atoms with E-state index >= 15 is 0 Å². The molecule has 0 bridgehead atoms. The highest BCUT2D eigenvalue weighted by atomic mass is 127. The van der Waals surface area contributed by atoms with Crippen LogP contribution in [0, 0.1) is 3.57 Å². The topological polar surface area (TPSA) is 78.4 Å². The summed E-state index contributed by atoms with van der Waals surface area (Å²) < 4.78 is 0.952. The Hall–Kier alpha value is -2.00. The first-order valence-corrected chi connectivity index (χ1v) is 7.65. The predicted octanol–water partition coefficient (Wildman–Crippen LogP) is 3.12. The van der Waals surface area contributed by atoms with Gasteiger partial charge in [0.15, 0.2) is 5.11 Å². The van der Waals surface area contributed by atoms with E-state index < -0.39 is 5.97 Å². The molecule has 5 nitrogen and oxygen atoms in total. The van der Waals surface area contributed by atoms with Gasteiger partial charge < -0.3 is 10.4 Å². The van der Waals surface area contributed by atoms with Crippen LogP contribution in [0.2, 0.25) is 0 Å². The summed E-state index contributed by atoms with van der Waals surface area (Å²) >= 11 is 7.19. The molecule has 0 aliphatic rings. The number of carbonyl (C=O) groups excluding carboxylic acids is 1. The Labute approximate surface area is 145 Å². The van der Waals surface area contributed by atoms with Crippen molar-refractivity contribution >= 4 is 57.5 Å². The van der Waals surface area contributed by atoms with Crippen molar-refractivity contribution in [1.82, 2.24) is 5.32 Å². The van der Waals surface area contributed by atoms with Crippen LogP contribution in [0.5, 0.6) is 0 Å². The Balaban J connectivity index is 1.98. The minimum atomic E-state index is -0.999. The fourth-order valence-electron chi connectivity index (χ4n) is 1.66. The van der Waals surface area contributed by atoms with Gasteiger partial charge in [0.05, 0.1) is 5.56 Å². The molecule has 0 heterocycles. The van der Waals surface area contributed by atoms with Gasteiger partial charge >= 0.3 is 5.97 Å². The lowest BCUT2D eigenvalue weighted by molar-refractivity contribution is 0.0696. The number of hydrogen-bond acceptors (Lipinski definition) is 3. The number of aromatic carboxylic acids is 1. The number of carboxylic acids is 1. The average molecular weight is 426 g/mol. The standard InChI is InChI=1S/C15H11IN2O3S/c16-11-3-1-2-10(8-11)13(19)18-15(22)17-12-6-4-9(5-7-12)14(20)21/h1-8H,(H,20,21)(H2,17,18,19,22). The van der Waals surface area contributed by atoms with E-state index in [0.29, 0.717) is 11.3 Å². The molecule has 2 aromatic rings. The molecule has 7 heteroatoms. The summed E-state index contributed by atoms with van der Waals surface area (Å²) in [6.07, 6.45) is 0. The maximum absolute atomic E-state index is 12.0. The molecule has 0 fully saturated rings. The number of benzene rings is 2. The summed E-state index contributed by atoms with van der Waals surface area (Å²) in [6, 6.07) is 13.2. The summed E-state index contributed by atoms with van der Waals surface area (Å²) in [5.41, 5.74) is 1.29. The summed E-state index contributed by atoms with van der Waals surface area (Å²) in [5.74, 6) is -1.31. The Morgan fingerprint density at radius 3 is 2.32 bits per heavy atom. The molecule has 0 unspecified atom stereocenters. The zero-order chi connectivity index (χ0) is 16.1. The first-order valence-electron chi connectivity index (χ1n) is 6.17. The summed E-state index contributed by atoms with van der Waals surface area (Å²) in [7, 11) is 0. The number of amides is 1. The molecule has 0 aliphatic heterocycles. The van der Waals surface area contributed by atoms with Gasteiger partial charge in [-0.25, -0.2) is 4.79 Å². The van der Waals surface area contributed by atoms with Crippen molar-refractivity contribution in [3.63, 3.8) is 0 Å². The molecule has 112 valence electrons. The smallest absolute Gasteiger partial charge is 0.335 e. The van der Waals surface area contributed by atoms with Gasteiger partial charge in [-0.2, -0.15) is 0 Å². The van der Waals surface area contributed by atoms with Crippen LogP contribution in [-0.2, 0) is 0 Å². The molecule has 2 aromatic carbocycles. The summed E-state index contributed by atoms with van der Waals surface area (Å²) in [6.45, 7) is 0. The molecular weight excluding hydrogens is 415 g/mol. The molecule has 0 saturated heterocycles. The number of anilines is 1. The molecule has 0 saturated carbocycles. The van der Waals surface area contributed by atoms with Crippen LogP contribution in [0.4, 0.5) is 5.69 Å². The van der Waals surface area contributed by atoms with Crippen molar-refractivity contribution in [3.05, 3.63) is 63.2 Å². The number of thiocarbonyl (C=S) groups is 1. The SMILES string of the molecule is O=C(O)c1ccc(NC(=S)NC(=O)c2cccc(I)c2)cc1. The molecular formula is C15H11IN2O3S. The molecule has 2 rings (SSSR count). The maximum Gasteiger partial charge on any atom is 0.335 e. The van der Waals surface area contributed by atoms with Gasteiger partial charge in [-0.3, -0.25) is 10.1 Å². The van der Waals surface area contributed by atoms with Gasteiger partial charge in [-0.05, 0) is 77.3 Å². The lowest BCUT2D eigenvalue weighted by Crippen LogP contribution is -2.34. The van der Waals surface area contributed by atoms with Crippen molar-refractivity contribution in [3.8, 4) is 0 Å². The minimum absolute atomic E-state index is 0.145. The number of carbonyl (C=O) groups is 2. The van der Waals surface area contributed by atoms with E-state index in [4.69, 9.17) is 17.3 Å². The maximum atomic E-state index is 12.0.